The summed E-state index contributed by atoms with van der Waals surface area (Å²) in [4.78, 5) is 0. The van der Waals surface area contributed by atoms with Crippen molar-refractivity contribution in [2.75, 3.05) is 6.54 Å². The third-order valence-electron chi connectivity index (χ3n) is 4.19. The van der Waals surface area contributed by atoms with E-state index >= 15 is 0 Å². The van der Waals surface area contributed by atoms with Crippen LogP contribution >= 0.6 is 0 Å². The Morgan fingerprint density at radius 3 is 2.44 bits per heavy atom. The fraction of sp³-hybridized carbons (Fsp3) is 1.00. The monoisotopic (exact) mass is 225 g/mol. The van der Waals surface area contributed by atoms with E-state index in [9.17, 15) is 0 Å². The molecule has 1 rings (SSSR count). The summed E-state index contributed by atoms with van der Waals surface area (Å²) in [5.41, 5.74) is 0. The highest BCUT2D eigenvalue weighted by molar-refractivity contribution is 4.83. The van der Waals surface area contributed by atoms with Crippen molar-refractivity contribution in [3.63, 3.8) is 0 Å². The van der Waals surface area contributed by atoms with Gasteiger partial charge in [0.05, 0.1) is 0 Å². The first-order valence-corrected chi connectivity index (χ1v) is 7.38. The molecule has 1 saturated carbocycles. The number of rotatable bonds is 6. The van der Waals surface area contributed by atoms with Gasteiger partial charge in [0.1, 0.15) is 0 Å². The molecule has 16 heavy (non-hydrogen) atoms. The molecule has 1 N–H and O–H groups in total. The SMILES string of the molecule is CCCC(C)CNC1CCCCC1C(C)C. The van der Waals surface area contributed by atoms with Gasteiger partial charge in [-0.2, -0.15) is 0 Å². The van der Waals surface area contributed by atoms with E-state index in [0.717, 1.165) is 23.8 Å². The Kier molecular flexibility index (Phi) is 6.41. The first kappa shape index (κ1) is 14.0. The maximum Gasteiger partial charge on any atom is 0.00978 e. The molecule has 0 aromatic rings. The molecule has 0 aromatic heterocycles. The average Bonchev–Trinajstić information content (AvgIpc) is 2.27. The van der Waals surface area contributed by atoms with Crippen LogP contribution in [0.1, 0.15) is 66.2 Å². The molecular formula is C15H31N. The number of hydrogen-bond donors (Lipinski definition) is 1. The smallest absolute Gasteiger partial charge is 0.00978 e. The second kappa shape index (κ2) is 7.32. The highest BCUT2D eigenvalue weighted by Gasteiger charge is 2.27. The molecule has 3 unspecified atom stereocenters. The van der Waals surface area contributed by atoms with Gasteiger partial charge in [-0.05, 0) is 43.6 Å². The van der Waals surface area contributed by atoms with E-state index in [0.29, 0.717) is 0 Å². The molecule has 0 aliphatic heterocycles. The lowest BCUT2D eigenvalue weighted by Crippen LogP contribution is -2.42. The Labute approximate surface area is 102 Å². The van der Waals surface area contributed by atoms with Crippen molar-refractivity contribution in [3.8, 4) is 0 Å². The quantitative estimate of drug-likeness (QED) is 0.713. The number of hydrogen-bond acceptors (Lipinski definition) is 1. The van der Waals surface area contributed by atoms with Crippen molar-refractivity contribution in [2.45, 2.75) is 72.3 Å². The van der Waals surface area contributed by atoms with Crippen molar-refractivity contribution in [2.24, 2.45) is 17.8 Å². The van der Waals surface area contributed by atoms with Crippen LogP contribution in [0.2, 0.25) is 0 Å². The maximum absolute atomic E-state index is 3.84. The summed E-state index contributed by atoms with van der Waals surface area (Å²) < 4.78 is 0. The summed E-state index contributed by atoms with van der Waals surface area (Å²) in [6, 6.07) is 0.799. The second-order valence-corrected chi connectivity index (χ2v) is 6.10. The fourth-order valence-corrected chi connectivity index (χ4v) is 3.16. The van der Waals surface area contributed by atoms with Crippen LogP contribution in [-0.4, -0.2) is 12.6 Å². The minimum absolute atomic E-state index is 0.799. The Balaban J connectivity index is 2.32. The molecule has 0 spiro atoms. The molecule has 1 aliphatic carbocycles. The van der Waals surface area contributed by atoms with Crippen LogP contribution in [0, 0.1) is 17.8 Å². The molecule has 0 bridgehead atoms. The van der Waals surface area contributed by atoms with Gasteiger partial charge in [-0.15, -0.1) is 0 Å². The third-order valence-corrected chi connectivity index (χ3v) is 4.19. The van der Waals surface area contributed by atoms with Gasteiger partial charge in [-0.25, -0.2) is 0 Å². The number of nitrogens with one attached hydrogen (secondary N) is 1. The molecule has 1 heteroatoms. The maximum atomic E-state index is 3.84. The topological polar surface area (TPSA) is 12.0 Å². The molecule has 0 radical (unpaired) electrons. The summed E-state index contributed by atoms with van der Waals surface area (Å²) in [6.07, 6.45) is 8.42. The van der Waals surface area contributed by atoms with E-state index in [2.05, 4.69) is 33.0 Å². The summed E-state index contributed by atoms with van der Waals surface area (Å²) in [5.74, 6) is 2.61. The fourth-order valence-electron chi connectivity index (χ4n) is 3.16. The van der Waals surface area contributed by atoms with Crippen LogP contribution in [-0.2, 0) is 0 Å². The first-order valence-electron chi connectivity index (χ1n) is 7.38. The highest BCUT2D eigenvalue weighted by Crippen LogP contribution is 2.30. The lowest BCUT2D eigenvalue weighted by atomic mass is 9.77. The molecule has 0 heterocycles. The molecule has 1 aliphatic rings. The molecule has 0 amide bonds. The van der Waals surface area contributed by atoms with Gasteiger partial charge in [-0.3, -0.25) is 0 Å². The lowest BCUT2D eigenvalue weighted by molar-refractivity contribution is 0.199. The summed E-state index contributed by atoms with van der Waals surface area (Å²) >= 11 is 0. The third kappa shape index (κ3) is 4.45. The van der Waals surface area contributed by atoms with Crippen molar-refractivity contribution < 1.29 is 0 Å². The Hall–Kier alpha value is -0.0400. The predicted molar refractivity (Wildman–Crippen MR) is 72.7 cm³/mol. The van der Waals surface area contributed by atoms with Gasteiger partial charge >= 0.3 is 0 Å². The zero-order valence-electron chi connectivity index (χ0n) is 11.8. The van der Waals surface area contributed by atoms with Crippen molar-refractivity contribution >= 4 is 0 Å². The van der Waals surface area contributed by atoms with Crippen LogP contribution in [0.25, 0.3) is 0 Å². The van der Waals surface area contributed by atoms with Crippen molar-refractivity contribution in [1.82, 2.24) is 5.32 Å². The Morgan fingerprint density at radius 1 is 1.12 bits per heavy atom. The van der Waals surface area contributed by atoms with E-state index in [1.165, 1.54) is 45.1 Å². The van der Waals surface area contributed by atoms with Crippen molar-refractivity contribution in [3.05, 3.63) is 0 Å². The molecule has 0 aromatic carbocycles. The van der Waals surface area contributed by atoms with Gasteiger partial charge in [0, 0.05) is 6.04 Å². The van der Waals surface area contributed by atoms with E-state index in [4.69, 9.17) is 0 Å². The van der Waals surface area contributed by atoms with Crippen LogP contribution in [0.4, 0.5) is 0 Å². The van der Waals surface area contributed by atoms with E-state index in [-0.39, 0.29) is 0 Å². The van der Waals surface area contributed by atoms with Gasteiger partial charge in [0.15, 0.2) is 0 Å². The minimum atomic E-state index is 0.799. The average molecular weight is 225 g/mol. The highest BCUT2D eigenvalue weighted by atomic mass is 14.9. The zero-order chi connectivity index (χ0) is 12.0. The molecule has 0 saturated heterocycles. The summed E-state index contributed by atoms with van der Waals surface area (Å²) in [5, 5.41) is 3.84. The van der Waals surface area contributed by atoms with Crippen LogP contribution in [0.3, 0.4) is 0 Å². The van der Waals surface area contributed by atoms with Gasteiger partial charge in [0.25, 0.3) is 0 Å². The largest absolute Gasteiger partial charge is 0.313 e. The van der Waals surface area contributed by atoms with Gasteiger partial charge in [0.2, 0.25) is 0 Å². The molecule has 96 valence electrons. The van der Waals surface area contributed by atoms with E-state index < -0.39 is 0 Å². The summed E-state index contributed by atoms with van der Waals surface area (Å²) in [6.45, 7) is 10.7. The van der Waals surface area contributed by atoms with E-state index in [1.807, 2.05) is 0 Å². The molecular weight excluding hydrogens is 194 g/mol. The minimum Gasteiger partial charge on any atom is -0.313 e. The van der Waals surface area contributed by atoms with Crippen LogP contribution < -0.4 is 5.32 Å². The molecule has 3 atom stereocenters. The van der Waals surface area contributed by atoms with Crippen LogP contribution in [0.5, 0.6) is 0 Å². The zero-order valence-corrected chi connectivity index (χ0v) is 11.8. The normalized spacial score (nSPS) is 28.3. The van der Waals surface area contributed by atoms with Crippen LogP contribution in [0.15, 0.2) is 0 Å². The Bertz CT molecular complexity index is 176. The van der Waals surface area contributed by atoms with Crippen molar-refractivity contribution in [1.29, 1.82) is 0 Å². The van der Waals surface area contributed by atoms with E-state index in [1.54, 1.807) is 0 Å². The second-order valence-electron chi connectivity index (χ2n) is 6.10. The van der Waals surface area contributed by atoms with Gasteiger partial charge < -0.3 is 5.32 Å². The van der Waals surface area contributed by atoms with Gasteiger partial charge in [-0.1, -0.05) is 47.0 Å². The predicted octanol–water partition coefficient (Wildman–Crippen LogP) is 4.23. The lowest BCUT2D eigenvalue weighted by Gasteiger charge is -2.35. The molecule has 1 nitrogen and oxygen atoms in total. The Morgan fingerprint density at radius 2 is 1.81 bits per heavy atom. The molecule has 1 fully saturated rings. The summed E-state index contributed by atoms with van der Waals surface area (Å²) in [7, 11) is 0. The first-order chi connectivity index (χ1) is 7.65. The standard InChI is InChI=1S/C15H31N/c1-5-8-13(4)11-16-15-10-7-6-9-14(15)12(2)3/h12-16H,5-11H2,1-4H3.